The van der Waals surface area contributed by atoms with Gasteiger partial charge in [0.05, 0.1) is 0 Å². The number of rotatable bonds is 7. The van der Waals surface area contributed by atoms with Gasteiger partial charge in [0, 0.05) is 23.3 Å². The molecule has 0 fully saturated rings. The van der Waals surface area contributed by atoms with Crippen molar-refractivity contribution in [1.82, 2.24) is 0 Å². The molecule has 0 saturated carbocycles. The summed E-state index contributed by atoms with van der Waals surface area (Å²) in [6.45, 7) is 2.14. The van der Waals surface area contributed by atoms with Gasteiger partial charge < -0.3 is 10.2 Å². The Morgan fingerprint density at radius 2 is 1.74 bits per heavy atom. The molecule has 2 rings (SSSR count). The van der Waals surface area contributed by atoms with Crippen LogP contribution in [-0.2, 0) is 4.79 Å². The van der Waals surface area contributed by atoms with Gasteiger partial charge >= 0.3 is 0 Å². The van der Waals surface area contributed by atoms with Gasteiger partial charge in [0.25, 0.3) is 5.91 Å². The molecule has 0 aromatic heterocycles. The van der Waals surface area contributed by atoms with Crippen molar-refractivity contribution >= 4 is 22.4 Å². The van der Waals surface area contributed by atoms with E-state index in [2.05, 4.69) is 17.2 Å². The lowest BCUT2D eigenvalue weighted by atomic mass is 10.1. The highest BCUT2D eigenvalue weighted by atomic mass is 16.3. The van der Waals surface area contributed by atoms with Crippen molar-refractivity contribution in [1.29, 1.82) is 0 Å². The number of nitrogens with zero attached hydrogens (tertiary/aromatic N) is 2. The fraction of sp³-hybridized carbons (Fsp3) is 0.389. The number of phenolic OH excluding ortho intramolecular Hbond substituents is 2. The van der Waals surface area contributed by atoms with Gasteiger partial charge in [0.2, 0.25) is 0 Å². The summed E-state index contributed by atoms with van der Waals surface area (Å²) in [5.74, 6) is -0.397. The molecule has 122 valence electrons. The normalized spacial score (nSPS) is 11.3. The molecule has 0 saturated heterocycles. The van der Waals surface area contributed by atoms with E-state index in [1.54, 1.807) is 24.3 Å². The SMILES string of the molecule is CCCCCCCC(=O)N=Nc1cc(O)c2ccccc2c1O. The fourth-order valence-corrected chi connectivity index (χ4v) is 2.44. The topological polar surface area (TPSA) is 82.2 Å². The van der Waals surface area contributed by atoms with E-state index >= 15 is 0 Å². The van der Waals surface area contributed by atoms with Crippen LogP contribution in [0.3, 0.4) is 0 Å². The van der Waals surface area contributed by atoms with Crippen molar-refractivity contribution in [3.63, 3.8) is 0 Å². The molecule has 2 N–H and O–H groups in total. The number of phenols is 2. The highest BCUT2D eigenvalue weighted by molar-refractivity contribution is 5.96. The average molecular weight is 314 g/mol. The van der Waals surface area contributed by atoms with Crippen LogP contribution in [0.4, 0.5) is 5.69 Å². The minimum Gasteiger partial charge on any atom is -0.507 e. The fourth-order valence-electron chi connectivity index (χ4n) is 2.44. The highest BCUT2D eigenvalue weighted by Gasteiger charge is 2.10. The molecule has 2 aromatic rings. The summed E-state index contributed by atoms with van der Waals surface area (Å²) in [4.78, 5) is 11.7. The largest absolute Gasteiger partial charge is 0.507 e. The summed E-state index contributed by atoms with van der Waals surface area (Å²) in [7, 11) is 0. The van der Waals surface area contributed by atoms with Gasteiger partial charge in [-0.3, -0.25) is 4.79 Å². The first-order chi connectivity index (χ1) is 11.1. The van der Waals surface area contributed by atoms with Crippen LogP contribution in [0, 0.1) is 0 Å². The van der Waals surface area contributed by atoms with Crippen LogP contribution in [-0.4, -0.2) is 16.1 Å². The van der Waals surface area contributed by atoms with E-state index in [4.69, 9.17) is 0 Å². The molecule has 5 heteroatoms. The molecule has 0 aliphatic rings. The van der Waals surface area contributed by atoms with Crippen molar-refractivity contribution in [3.8, 4) is 11.5 Å². The van der Waals surface area contributed by atoms with Crippen molar-refractivity contribution in [2.45, 2.75) is 45.4 Å². The molecule has 1 amide bonds. The Balaban J connectivity index is 2.03. The van der Waals surface area contributed by atoms with Crippen LogP contribution >= 0.6 is 0 Å². The van der Waals surface area contributed by atoms with Crippen LogP contribution < -0.4 is 0 Å². The third kappa shape index (κ3) is 4.52. The predicted molar refractivity (Wildman–Crippen MR) is 90.2 cm³/mol. The first-order valence-corrected chi connectivity index (χ1v) is 8.01. The molecular weight excluding hydrogens is 292 g/mol. The number of unbranched alkanes of at least 4 members (excludes halogenated alkanes) is 4. The zero-order chi connectivity index (χ0) is 16.7. The van der Waals surface area contributed by atoms with Gasteiger partial charge in [-0.2, -0.15) is 0 Å². The number of azo groups is 1. The molecule has 0 radical (unpaired) electrons. The van der Waals surface area contributed by atoms with Crippen LogP contribution in [0.2, 0.25) is 0 Å². The van der Waals surface area contributed by atoms with Crippen molar-refractivity contribution in [2.75, 3.05) is 0 Å². The summed E-state index contributed by atoms with van der Waals surface area (Å²) in [6, 6.07) is 8.22. The molecular formula is C18H22N2O3. The first kappa shape index (κ1) is 16.9. The third-order valence-electron chi connectivity index (χ3n) is 3.74. The molecule has 23 heavy (non-hydrogen) atoms. The number of hydrogen-bond donors (Lipinski definition) is 2. The average Bonchev–Trinajstić information content (AvgIpc) is 2.56. The number of carbonyl (C=O) groups excluding carboxylic acids is 1. The van der Waals surface area contributed by atoms with Gasteiger partial charge in [-0.25, -0.2) is 0 Å². The minimum atomic E-state index is -0.312. The maximum atomic E-state index is 11.7. The Hall–Kier alpha value is -2.43. The lowest BCUT2D eigenvalue weighted by Crippen LogP contribution is -1.91. The monoisotopic (exact) mass is 314 g/mol. The van der Waals surface area contributed by atoms with E-state index in [-0.39, 0.29) is 23.1 Å². The Morgan fingerprint density at radius 3 is 2.48 bits per heavy atom. The number of fused-ring (bicyclic) bond motifs is 1. The van der Waals surface area contributed by atoms with E-state index in [0.29, 0.717) is 17.2 Å². The van der Waals surface area contributed by atoms with E-state index in [1.807, 2.05) is 0 Å². The van der Waals surface area contributed by atoms with Crippen LogP contribution in [0.1, 0.15) is 45.4 Å². The molecule has 2 aromatic carbocycles. The lowest BCUT2D eigenvalue weighted by molar-refractivity contribution is -0.118. The Labute approximate surface area is 135 Å². The number of amides is 1. The van der Waals surface area contributed by atoms with Crippen LogP contribution in [0.5, 0.6) is 11.5 Å². The van der Waals surface area contributed by atoms with Crippen molar-refractivity contribution in [3.05, 3.63) is 30.3 Å². The second-order valence-corrected chi connectivity index (χ2v) is 5.57. The van der Waals surface area contributed by atoms with Gasteiger partial charge in [0.15, 0.2) is 5.75 Å². The molecule has 5 nitrogen and oxygen atoms in total. The quantitative estimate of drug-likeness (QED) is 0.417. The molecule has 0 spiro atoms. The van der Waals surface area contributed by atoms with E-state index in [0.717, 1.165) is 19.3 Å². The summed E-state index contributed by atoms with van der Waals surface area (Å²) in [6.07, 6.45) is 5.63. The summed E-state index contributed by atoms with van der Waals surface area (Å²) < 4.78 is 0. The highest BCUT2D eigenvalue weighted by Crippen LogP contribution is 2.40. The van der Waals surface area contributed by atoms with E-state index in [1.165, 1.54) is 18.9 Å². The first-order valence-electron chi connectivity index (χ1n) is 8.01. The molecule has 0 heterocycles. The smallest absolute Gasteiger partial charge is 0.264 e. The lowest BCUT2D eigenvalue weighted by Gasteiger charge is -2.05. The van der Waals surface area contributed by atoms with Crippen LogP contribution in [0.25, 0.3) is 10.8 Å². The van der Waals surface area contributed by atoms with Crippen molar-refractivity contribution < 1.29 is 15.0 Å². The molecule has 0 atom stereocenters. The number of hydrogen-bond acceptors (Lipinski definition) is 4. The summed E-state index contributed by atoms with van der Waals surface area (Å²) >= 11 is 0. The maximum absolute atomic E-state index is 11.7. The Bertz CT molecular complexity index is 711. The summed E-state index contributed by atoms with van der Waals surface area (Å²) in [5, 5.41) is 28.6. The number of benzene rings is 2. The zero-order valence-electron chi connectivity index (χ0n) is 13.3. The van der Waals surface area contributed by atoms with E-state index in [9.17, 15) is 15.0 Å². The number of carbonyl (C=O) groups is 1. The molecule has 0 unspecified atom stereocenters. The zero-order valence-corrected chi connectivity index (χ0v) is 13.3. The van der Waals surface area contributed by atoms with E-state index < -0.39 is 0 Å². The molecule has 0 aliphatic heterocycles. The predicted octanol–water partition coefficient (Wildman–Crippen LogP) is 5.22. The molecule has 0 bridgehead atoms. The standard InChI is InChI=1S/C18H22N2O3/c1-2-3-4-5-6-11-17(22)20-19-15-12-16(21)13-9-7-8-10-14(13)18(15)23/h7-10,12,21,23H,2-6,11H2,1H3. The maximum Gasteiger partial charge on any atom is 0.264 e. The molecule has 0 aliphatic carbocycles. The van der Waals surface area contributed by atoms with Gasteiger partial charge in [-0.05, 0) is 6.42 Å². The summed E-state index contributed by atoms with van der Waals surface area (Å²) in [5.41, 5.74) is 0.0977. The van der Waals surface area contributed by atoms with Gasteiger partial charge in [-0.15, -0.1) is 10.2 Å². The van der Waals surface area contributed by atoms with Crippen molar-refractivity contribution in [2.24, 2.45) is 10.2 Å². The van der Waals surface area contributed by atoms with Crippen LogP contribution in [0.15, 0.2) is 40.6 Å². The second-order valence-electron chi connectivity index (χ2n) is 5.57. The Kier molecular flexibility index (Phi) is 6.09. The second kappa shape index (κ2) is 8.27. The third-order valence-corrected chi connectivity index (χ3v) is 3.74. The van der Waals surface area contributed by atoms with Gasteiger partial charge in [0.1, 0.15) is 11.4 Å². The minimum absolute atomic E-state index is 0.000588. The Morgan fingerprint density at radius 1 is 1.04 bits per heavy atom. The van der Waals surface area contributed by atoms with Gasteiger partial charge in [-0.1, -0.05) is 56.9 Å². The number of aromatic hydroxyl groups is 2.